The lowest BCUT2D eigenvalue weighted by Gasteiger charge is -2.37. The van der Waals surface area contributed by atoms with Gasteiger partial charge in [0.25, 0.3) is 0 Å². The van der Waals surface area contributed by atoms with E-state index in [1.807, 2.05) is 35.2 Å². The summed E-state index contributed by atoms with van der Waals surface area (Å²) in [6.45, 7) is 0.853. The second kappa shape index (κ2) is 5.09. The van der Waals surface area contributed by atoms with Crippen molar-refractivity contribution < 1.29 is 19.1 Å². The van der Waals surface area contributed by atoms with Gasteiger partial charge in [0.2, 0.25) is 0 Å². The lowest BCUT2D eigenvalue weighted by molar-refractivity contribution is -0.160. The van der Waals surface area contributed by atoms with Crippen LogP contribution in [-0.2, 0) is 19.1 Å². The normalized spacial score (nSPS) is 25.6. The number of benzene rings is 1. The number of rotatable bonds is 2. The Balaban J connectivity index is 1.90. The lowest BCUT2D eigenvalue weighted by atomic mass is 10.0. The van der Waals surface area contributed by atoms with Crippen LogP contribution in [0.5, 0.6) is 0 Å². The standard InChI is InChI=1S/C15H15NO4/c1-19-14(17)11-7-8-16-12(9-20-15(18)13(11)16)10-5-3-2-4-6-10/h2-7,12-13H,8-9H2,1H3/t12-,13+/m1/s1. The van der Waals surface area contributed by atoms with Crippen LogP contribution in [0.2, 0.25) is 0 Å². The van der Waals surface area contributed by atoms with Crippen molar-refractivity contribution in [3.63, 3.8) is 0 Å². The number of fused-ring (bicyclic) bond motifs is 1. The largest absolute Gasteiger partial charge is 0.466 e. The second-order valence-corrected chi connectivity index (χ2v) is 4.81. The average molecular weight is 273 g/mol. The number of methoxy groups -OCH3 is 1. The third-order valence-corrected chi connectivity index (χ3v) is 3.76. The molecule has 20 heavy (non-hydrogen) atoms. The monoisotopic (exact) mass is 273 g/mol. The first-order valence-electron chi connectivity index (χ1n) is 6.48. The van der Waals surface area contributed by atoms with Crippen LogP contribution in [0.15, 0.2) is 42.0 Å². The minimum absolute atomic E-state index is 0.0303. The van der Waals surface area contributed by atoms with Gasteiger partial charge in [0, 0.05) is 6.54 Å². The van der Waals surface area contributed by atoms with Crippen LogP contribution >= 0.6 is 0 Å². The van der Waals surface area contributed by atoms with Crippen LogP contribution in [0.1, 0.15) is 11.6 Å². The van der Waals surface area contributed by atoms with Crippen LogP contribution in [0.3, 0.4) is 0 Å². The Labute approximate surface area is 116 Å². The minimum atomic E-state index is -0.651. The Hall–Kier alpha value is -2.14. The van der Waals surface area contributed by atoms with Gasteiger partial charge in [-0.05, 0) is 5.56 Å². The van der Waals surface area contributed by atoms with E-state index in [0.29, 0.717) is 18.7 Å². The van der Waals surface area contributed by atoms with Gasteiger partial charge in [-0.25, -0.2) is 9.59 Å². The zero-order valence-corrected chi connectivity index (χ0v) is 11.1. The van der Waals surface area contributed by atoms with Gasteiger partial charge in [-0.3, -0.25) is 4.90 Å². The predicted molar refractivity (Wildman–Crippen MR) is 70.7 cm³/mol. The Morgan fingerprint density at radius 3 is 2.80 bits per heavy atom. The number of hydrogen-bond acceptors (Lipinski definition) is 5. The summed E-state index contributed by atoms with van der Waals surface area (Å²) in [6.07, 6.45) is 1.75. The van der Waals surface area contributed by atoms with Gasteiger partial charge in [-0.15, -0.1) is 0 Å². The minimum Gasteiger partial charge on any atom is -0.466 e. The van der Waals surface area contributed by atoms with E-state index in [9.17, 15) is 9.59 Å². The molecule has 5 nitrogen and oxygen atoms in total. The van der Waals surface area contributed by atoms with E-state index in [0.717, 1.165) is 5.56 Å². The van der Waals surface area contributed by atoms with Gasteiger partial charge in [0.1, 0.15) is 12.6 Å². The number of hydrogen-bond donors (Lipinski definition) is 0. The van der Waals surface area contributed by atoms with E-state index in [1.54, 1.807) is 6.08 Å². The smallest absolute Gasteiger partial charge is 0.335 e. The Morgan fingerprint density at radius 1 is 1.35 bits per heavy atom. The molecule has 0 spiro atoms. The molecule has 1 aromatic rings. The highest BCUT2D eigenvalue weighted by Gasteiger charge is 2.45. The van der Waals surface area contributed by atoms with E-state index < -0.39 is 12.0 Å². The number of carbonyl (C=O) groups is 2. The number of esters is 2. The maximum Gasteiger partial charge on any atom is 0.335 e. The summed E-state index contributed by atoms with van der Waals surface area (Å²) in [7, 11) is 1.31. The first kappa shape index (κ1) is 12.9. The Bertz CT molecular complexity index is 566. The third-order valence-electron chi connectivity index (χ3n) is 3.76. The van der Waals surface area contributed by atoms with E-state index in [4.69, 9.17) is 9.47 Å². The molecule has 0 saturated carbocycles. The maximum atomic E-state index is 12.0. The predicted octanol–water partition coefficient (Wildman–Crippen LogP) is 1.07. The number of nitrogens with zero attached hydrogens (tertiary/aromatic N) is 1. The van der Waals surface area contributed by atoms with E-state index in [1.165, 1.54) is 7.11 Å². The molecule has 0 N–H and O–H groups in total. The molecule has 0 amide bonds. The molecule has 0 radical (unpaired) electrons. The number of cyclic esters (lactones) is 1. The van der Waals surface area contributed by atoms with Crippen molar-refractivity contribution in [3.05, 3.63) is 47.5 Å². The molecule has 1 saturated heterocycles. The number of morpholine rings is 1. The van der Waals surface area contributed by atoms with Gasteiger partial charge in [-0.1, -0.05) is 36.4 Å². The molecule has 1 aromatic carbocycles. The molecule has 0 unspecified atom stereocenters. The molecule has 0 aliphatic carbocycles. The highest BCUT2D eigenvalue weighted by Crippen LogP contribution is 2.34. The molecule has 104 valence electrons. The second-order valence-electron chi connectivity index (χ2n) is 4.81. The van der Waals surface area contributed by atoms with Crippen molar-refractivity contribution >= 4 is 11.9 Å². The molecule has 2 heterocycles. The molecule has 2 aliphatic rings. The quantitative estimate of drug-likeness (QED) is 0.754. The highest BCUT2D eigenvalue weighted by atomic mass is 16.5. The van der Waals surface area contributed by atoms with E-state index in [2.05, 4.69) is 0 Å². The topological polar surface area (TPSA) is 55.8 Å². The lowest BCUT2D eigenvalue weighted by Crippen LogP contribution is -2.49. The van der Waals surface area contributed by atoms with Gasteiger partial charge >= 0.3 is 11.9 Å². The van der Waals surface area contributed by atoms with Gasteiger partial charge in [-0.2, -0.15) is 0 Å². The van der Waals surface area contributed by atoms with Gasteiger partial charge in [0.15, 0.2) is 0 Å². The molecular formula is C15H15NO4. The van der Waals surface area contributed by atoms with Crippen molar-refractivity contribution in [2.45, 2.75) is 12.1 Å². The van der Waals surface area contributed by atoms with Crippen LogP contribution < -0.4 is 0 Å². The summed E-state index contributed by atoms with van der Waals surface area (Å²) in [5.41, 5.74) is 1.45. The van der Waals surface area contributed by atoms with Crippen molar-refractivity contribution in [1.29, 1.82) is 0 Å². The summed E-state index contributed by atoms with van der Waals surface area (Å²) in [6, 6.07) is 9.15. The summed E-state index contributed by atoms with van der Waals surface area (Å²) in [4.78, 5) is 25.7. The fraction of sp³-hybridized carbons (Fsp3) is 0.333. The summed E-state index contributed by atoms with van der Waals surface area (Å²) >= 11 is 0. The molecule has 0 bridgehead atoms. The van der Waals surface area contributed by atoms with Crippen molar-refractivity contribution in [3.8, 4) is 0 Å². The molecular weight excluding hydrogens is 258 g/mol. The average Bonchev–Trinajstić information content (AvgIpc) is 2.93. The van der Waals surface area contributed by atoms with Crippen molar-refractivity contribution in [2.75, 3.05) is 20.3 Å². The van der Waals surface area contributed by atoms with Crippen molar-refractivity contribution in [1.82, 2.24) is 4.90 Å². The Morgan fingerprint density at radius 2 is 2.10 bits per heavy atom. The van der Waals surface area contributed by atoms with Gasteiger partial charge < -0.3 is 9.47 Å². The molecule has 0 aromatic heterocycles. The fourth-order valence-electron chi connectivity index (χ4n) is 2.78. The molecule has 1 fully saturated rings. The van der Waals surface area contributed by atoms with Crippen LogP contribution in [0.4, 0.5) is 0 Å². The van der Waals surface area contributed by atoms with E-state index >= 15 is 0 Å². The Kier molecular flexibility index (Phi) is 3.28. The van der Waals surface area contributed by atoms with Crippen LogP contribution in [0, 0.1) is 0 Å². The molecule has 2 atom stereocenters. The zero-order valence-electron chi connectivity index (χ0n) is 11.1. The molecule has 5 heteroatoms. The summed E-state index contributed by atoms with van der Waals surface area (Å²) in [5, 5.41) is 0. The summed E-state index contributed by atoms with van der Waals surface area (Å²) < 4.78 is 9.99. The van der Waals surface area contributed by atoms with Crippen LogP contribution in [-0.4, -0.2) is 43.1 Å². The number of carbonyl (C=O) groups excluding carboxylic acids is 2. The highest BCUT2D eigenvalue weighted by molar-refractivity contribution is 5.98. The van der Waals surface area contributed by atoms with Crippen molar-refractivity contribution in [2.24, 2.45) is 0 Å². The zero-order chi connectivity index (χ0) is 14.1. The number of ether oxygens (including phenoxy) is 2. The first-order valence-corrected chi connectivity index (χ1v) is 6.48. The third kappa shape index (κ3) is 2.00. The first-order chi connectivity index (χ1) is 9.72. The molecule has 2 aliphatic heterocycles. The van der Waals surface area contributed by atoms with E-state index in [-0.39, 0.29) is 12.0 Å². The maximum absolute atomic E-state index is 12.0. The van der Waals surface area contributed by atoms with Crippen LogP contribution in [0.25, 0.3) is 0 Å². The summed E-state index contributed by atoms with van der Waals surface area (Å²) in [5.74, 6) is -0.852. The van der Waals surface area contributed by atoms with Gasteiger partial charge in [0.05, 0.1) is 18.7 Å². The molecule has 3 rings (SSSR count). The fourth-order valence-corrected chi connectivity index (χ4v) is 2.78. The SMILES string of the molecule is COC(=O)C1=CCN2[C@@H]1C(=O)OC[C@@H]2c1ccccc1.